The van der Waals surface area contributed by atoms with Crippen molar-refractivity contribution in [1.29, 1.82) is 0 Å². The second-order valence-electron chi connectivity index (χ2n) is 7.90. The highest BCUT2D eigenvalue weighted by atomic mass is 79.9. The lowest BCUT2D eigenvalue weighted by Crippen LogP contribution is -2.40. The summed E-state index contributed by atoms with van der Waals surface area (Å²) < 4.78 is 8.39. The summed E-state index contributed by atoms with van der Waals surface area (Å²) >= 11 is 3.56. The number of nitrogens with zero attached hydrogens (tertiary/aromatic N) is 5. The Hall–Kier alpha value is -1.83. The largest absolute Gasteiger partial charge is 0.444 e. The number of rotatable bonds is 1. The molecule has 0 radical (unpaired) electrons. The van der Waals surface area contributed by atoms with Gasteiger partial charge < -0.3 is 14.5 Å². The van der Waals surface area contributed by atoms with E-state index in [0.29, 0.717) is 13.1 Å². The van der Waals surface area contributed by atoms with Crippen LogP contribution in [-0.4, -0.2) is 57.4 Å². The number of ether oxygens (including phenoxy) is 1. The molecule has 2 aliphatic heterocycles. The number of aromatic nitrogens is 3. The predicted octanol–water partition coefficient (Wildman–Crippen LogP) is 3.04. The lowest BCUT2D eigenvalue weighted by Gasteiger charge is -2.35. The smallest absolute Gasteiger partial charge is 0.410 e. The summed E-state index contributed by atoms with van der Waals surface area (Å²) in [6.45, 7) is 9.03. The van der Waals surface area contributed by atoms with Gasteiger partial charge in [0.2, 0.25) is 0 Å². The third-order valence-electron chi connectivity index (χ3n) is 4.82. The highest BCUT2D eigenvalue weighted by molar-refractivity contribution is 9.10. The van der Waals surface area contributed by atoms with Crippen molar-refractivity contribution in [3.63, 3.8) is 0 Å². The van der Waals surface area contributed by atoms with Gasteiger partial charge in [0, 0.05) is 38.2 Å². The second-order valence-corrected chi connectivity index (χ2v) is 8.75. The van der Waals surface area contributed by atoms with Crippen molar-refractivity contribution in [2.24, 2.45) is 0 Å². The first-order valence-corrected chi connectivity index (χ1v) is 9.90. The third kappa shape index (κ3) is 3.15. The van der Waals surface area contributed by atoms with E-state index in [2.05, 4.69) is 25.9 Å². The summed E-state index contributed by atoms with van der Waals surface area (Å²) in [5.74, 6) is 1.13. The molecule has 26 heavy (non-hydrogen) atoms. The Morgan fingerprint density at radius 1 is 1.19 bits per heavy atom. The van der Waals surface area contributed by atoms with Crippen LogP contribution in [0.5, 0.6) is 0 Å². The molecular formula is C18H24BrN5O2. The lowest BCUT2D eigenvalue weighted by molar-refractivity contribution is 0.0258. The first-order valence-electron chi connectivity index (χ1n) is 9.11. The molecule has 7 nitrogen and oxygen atoms in total. The van der Waals surface area contributed by atoms with E-state index in [0.717, 1.165) is 47.6 Å². The van der Waals surface area contributed by atoms with Crippen LogP contribution in [0.3, 0.4) is 0 Å². The zero-order valence-electron chi connectivity index (χ0n) is 15.5. The number of anilines is 1. The zero-order valence-corrected chi connectivity index (χ0v) is 17.0. The van der Waals surface area contributed by atoms with E-state index in [-0.39, 0.29) is 6.09 Å². The molecule has 0 saturated carbocycles. The van der Waals surface area contributed by atoms with Gasteiger partial charge in [-0.3, -0.25) is 0 Å². The van der Waals surface area contributed by atoms with E-state index in [9.17, 15) is 4.79 Å². The quantitative estimate of drug-likeness (QED) is 0.707. The molecule has 8 heteroatoms. The summed E-state index contributed by atoms with van der Waals surface area (Å²) in [6.07, 6.45) is 4.25. The molecule has 4 heterocycles. The average Bonchev–Trinajstić information content (AvgIpc) is 2.74. The molecule has 140 valence electrons. The first kappa shape index (κ1) is 17.6. The van der Waals surface area contributed by atoms with E-state index in [4.69, 9.17) is 9.72 Å². The minimum absolute atomic E-state index is 0.248. The maximum atomic E-state index is 12.5. The minimum atomic E-state index is -0.483. The molecular weight excluding hydrogens is 398 g/mol. The molecule has 4 rings (SSSR count). The van der Waals surface area contributed by atoms with Crippen molar-refractivity contribution >= 4 is 33.5 Å². The maximum Gasteiger partial charge on any atom is 0.410 e. The summed E-state index contributed by atoms with van der Waals surface area (Å²) in [5, 5.41) is 4.52. The van der Waals surface area contributed by atoms with Crippen molar-refractivity contribution in [2.75, 3.05) is 31.1 Å². The van der Waals surface area contributed by atoms with Gasteiger partial charge in [0.15, 0.2) is 5.65 Å². The molecule has 0 aromatic carbocycles. The fourth-order valence-electron chi connectivity index (χ4n) is 3.45. The van der Waals surface area contributed by atoms with E-state index < -0.39 is 5.60 Å². The lowest BCUT2D eigenvalue weighted by atomic mass is 10.1. The Bertz CT molecular complexity index is 853. The summed E-state index contributed by atoms with van der Waals surface area (Å²) in [6, 6.07) is 0. The predicted molar refractivity (Wildman–Crippen MR) is 103 cm³/mol. The van der Waals surface area contributed by atoms with Gasteiger partial charge in [-0.05, 0) is 49.5 Å². The van der Waals surface area contributed by atoms with Crippen molar-refractivity contribution in [2.45, 2.75) is 45.6 Å². The Labute approximate surface area is 161 Å². The standard InChI is InChI=1S/C18H24BrN5O2/c1-18(2,3)26-17(25)23-9-5-12-14(6-10-23)21-15-13(19)11-20-24(15)16(12)22-7-4-8-22/h11H,4-10H2,1-3H3. The van der Waals surface area contributed by atoms with Crippen LogP contribution in [0.2, 0.25) is 0 Å². The molecule has 2 aliphatic rings. The zero-order chi connectivity index (χ0) is 18.5. The average molecular weight is 422 g/mol. The number of amides is 1. The molecule has 0 bridgehead atoms. The molecule has 0 aliphatic carbocycles. The monoisotopic (exact) mass is 421 g/mol. The molecule has 2 aromatic heterocycles. The fourth-order valence-corrected chi connectivity index (χ4v) is 3.80. The van der Waals surface area contributed by atoms with Gasteiger partial charge in [0.1, 0.15) is 11.4 Å². The SMILES string of the molecule is CC(C)(C)OC(=O)N1CCc2nc3c(Br)cnn3c(N3CCC3)c2CC1. The number of carbonyl (C=O) groups is 1. The van der Waals surface area contributed by atoms with Crippen molar-refractivity contribution in [3.8, 4) is 0 Å². The Kier molecular flexibility index (Phi) is 4.33. The summed E-state index contributed by atoms with van der Waals surface area (Å²) in [7, 11) is 0. The van der Waals surface area contributed by atoms with Crippen LogP contribution < -0.4 is 4.90 Å². The first-order chi connectivity index (χ1) is 12.3. The normalized spacial score (nSPS) is 17.7. The van der Waals surface area contributed by atoms with E-state index >= 15 is 0 Å². The van der Waals surface area contributed by atoms with E-state index in [1.165, 1.54) is 12.0 Å². The fraction of sp³-hybridized carbons (Fsp3) is 0.611. The molecule has 0 unspecified atom stereocenters. The summed E-state index contributed by atoms with van der Waals surface area (Å²) in [4.78, 5) is 21.5. The van der Waals surface area contributed by atoms with Crippen LogP contribution in [0, 0.1) is 0 Å². The van der Waals surface area contributed by atoms with Crippen LogP contribution in [0.15, 0.2) is 10.7 Å². The van der Waals surface area contributed by atoms with Crippen LogP contribution in [0.4, 0.5) is 10.6 Å². The van der Waals surface area contributed by atoms with Crippen LogP contribution >= 0.6 is 15.9 Å². The van der Waals surface area contributed by atoms with Crippen LogP contribution in [0.25, 0.3) is 5.65 Å². The maximum absolute atomic E-state index is 12.5. The van der Waals surface area contributed by atoms with Gasteiger partial charge in [-0.15, -0.1) is 0 Å². The molecule has 0 atom stereocenters. The molecule has 0 spiro atoms. The van der Waals surface area contributed by atoms with Gasteiger partial charge in [-0.2, -0.15) is 9.61 Å². The molecule has 0 N–H and O–H groups in total. The van der Waals surface area contributed by atoms with Crippen LogP contribution in [-0.2, 0) is 17.6 Å². The van der Waals surface area contributed by atoms with E-state index in [1.54, 1.807) is 11.1 Å². The van der Waals surface area contributed by atoms with Gasteiger partial charge >= 0.3 is 6.09 Å². The van der Waals surface area contributed by atoms with Crippen LogP contribution in [0.1, 0.15) is 38.4 Å². The van der Waals surface area contributed by atoms with Gasteiger partial charge in [-0.25, -0.2) is 9.78 Å². The minimum Gasteiger partial charge on any atom is -0.444 e. The number of hydrogen-bond acceptors (Lipinski definition) is 5. The highest BCUT2D eigenvalue weighted by Gasteiger charge is 2.30. The summed E-state index contributed by atoms with van der Waals surface area (Å²) in [5.41, 5.74) is 2.63. The van der Waals surface area contributed by atoms with E-state index in [1.807, 2.05) is 25.3 Å². The Morgan fingerprint density at radius 2 is 1.92 bits per heavy atom. The number of halogens is 1. The van der Waals surface area contributed by atoms with Crippen molar-refractivity contribution in [1.82, 2.24) is 19.5 Å². The molecule has 1 fully saturated rings. The Balaban J connectivity index is 1.68. The highest BCUT2D eigenvalue weighted by Crippen LogP contribution is 2.32. The number of hydrogen-bond donors (Lipinski definition) is 0. The van der Waals surface area contributed by atoms with Crippen molar-refractivity contribution in [3.05, 3.63) is 21.9 Å². The van der Waals surface area contributed by atoms with Gasteiger partial charge in [-0.1, -0.05) is 0 Å². The van der Waals surface area contributed by atoms with Crippen molar-refractivity contribution < 1.29 is 9.53 Å². The Morgan fingerprint density at radius 3 is 2.58 bits per heavy atom. The number of carbonyl (C=O) groups excluding carboxylic acids is 1. The molecule has 1 amide bonds. The number of fused-ring (bicyclic) bond motifs is 2. The molecule has 1 saturated heterocycles. The van der Waals surface area contributed by atoms with Gasteiger partial charge in [0.25, 0.3) is 0 Å². The topological polar surface area (TPSA) is 63.0 Å². The third-order valence-corrected chi connectivity index (χ3v) is 5.38. The van der Waals surface area contributed by atoms with Gasteiger partial charge in [0.05, 0.1) is 16.4 Å². The molecule has 2 aromatic rings. The second kappa shape index (κ2) is 6.40.